The third kappa shape index (κ3) is 4.67. The summed E-state index contributed by atoms with van der Waals surface area (Å²) in [7, 11) is 0. The van der Waals surface area contributed by atoms with Gasteiger partial charge in [-0.1, -0.05) is 28.9 Å². The van der Waals surface area contributed by atoms with Gasteiger partial charge in [-0.25, -0.2) is 13.8 Å². The average molecular weight is 510 g/mol. The van der Waals surface area contributed by atoms with E-state index in [0.717, 1.165) is 16.1 Å². The van der Waals surface area contributed by atoms with E-state index in [2.05, 4.69) is 5.16 Å². The SMILES string of the molecule is Cc1ccc(C)c(C(=O)C(=O)N2CCC(c3nc(C4=NOC(c5c(F)cccc5F)C4)cs3)CC2)c1. The Morgan fingerprint density at radius 2 is 1.81 bits per heavy atom. The number of rotatable bonds is 5. The van der Waals surface area contributed by atoms with Gasteiger partial charge < -0.3 is 9.74 Å². The highest BCUT2D eigenvalue weighted by Gasteiger charge is 2.32. The second kappa shape index (κ2) is 9.89. The highest BCUT2D eigenvalue weighted by Crippen LogP contribution is 2.35. The molecular formula is C27H25F2N3O3S. The summed E-state index contributed by atoms with van der Waals surface area (Å²) in [4.78, 5) is 37.3. The summed E-state index contributed by atoms with van der Waals surface area (Å²) < 4.78 is 28.2. The number of carbonyl (C=O) groups is 2. The first-order valence-electron chi connectivity index (χ1n) is 11.8. The van der Waals surface area contributed by atoms with Crippen LogP contribution in [-0.2, 0) is 9.63 Å². The molecule has 1 saturated heterocycles. The van der Waals surface area contributed by atoms with E-state index >= 15 is 0 Å². The normalized spacial score (nSPS) is 18.2. The Labute approximate surface area is 211 Å². The average Bonchev–Trinajstić information content (AvgIpc) is 3.55. The fourth-order valence-electron chi connectivity index (χ4n) is 4.68. The summed E-state index contributed by atoms with van der Waals surface area (Å²) in [6, 6.07) is 9.26. The Hall–Kier alpha value is -3.46. The molecule has 1 unspecified atom stereocenters. The van der Waals surface area contributed by atoms with E-state index in [1.807, 2.05) is 31.4 Å². The molecule has 3 aromatic rings. The lowest BCUT2D eigenvalue weighted by atomic mass is 9.96. The van der Waals surface area contributed by atoms with Crippen LogP contribution in [0.5, 0.6) is 0 Å². The number of aromatic nitrogens is 1. The largest absolute Gasteiger partial charge is 0.387 e. The number of carbonyl (C=O) groups excluding carboxylic acids is 2. The van der Waals surface area contributed by atoms with E-state index in [4.69, 9.17) is 9.82 Å². The molecule has 0 spiro atoms. The number of oxime groups is 1. The zero-order chi connectivity index (χ0) is 25.4. The standard InChI is InChI=1S/C27H25F2N3O3S/c1-15-6-7-16(2)18(12-15)25(33)27(34)32-10-8-17(9-11-32)26-30-22(14-36-26)21-13-23(35-31-21)24-19(28)4-3-5-20(24)29/h3-7,12,14,17,23H,8-11,13H2,1-2H3. The van der Waals surface area contributed by atoms with Gasteiger partial charge in [0.25, 0.3) is 11.7 Å². The third-order valence-electron chi connectivity index (χ3n) is 6.77. The summed E-state index contributed by atoms with van der Waals surface area (Å²) in [5.74, 6) is -2.09. The Morgan fingerprint density at radius 3 is 2.53 bits per heavy atom. The number of ketones is 1. The van der Waals surface area contributed by atoms with E-state index in [9.17, 15) is 18.4 Å². The minimum absolute atomic E-state index is 0.126. The number of benzene rings is 2. The van der Waals surface area contributed by atoms with Gasteiger partial charge in [0.05, 0.1) is 16.3 Å². The van der Waals surface area contributed by atoms with Crippen molar-refractivity contribution in [3.8, 4) is 0 Å². The van der Waals surface area contributed by atoms with Gasteiger partial charge in [0.2, 0.25) is 0 Å². The molecule has 9 heteroatoms. The zero-order valence-electron chi connectivity index (χ0n) is 20.0. The fourth-order valence-corrected chi connectivity index (χ4v) is 5.68. The van der Waals surface area contributed by atoms with Gasteiger partial charge in [0.15, 0.2) is 6.10 Å². The molecule has 0 N–H and O–H groups in total. The predicted molar refractivity (Wildman–Crippen MR) is 132 cm³/mol. The zero-order valence-corrected chi connectivity index (χ0v) is 20.8. The van der Waals surface area contributed by atoms with Gasteiger partial charge in [-0.3, -0.25) is 9.59 Å². The smallest absolute Gasteiger partial charge is 0.294 e. The molecule has 2 aromatic carbocycles. The van der Waals surface area contributed by atoms with Crippen molar-refractivity contribution < 1.29 is 23.2 Å². The highest BCUT2D eigenvalue weighted by atomic mass is 32.1. The minimum atomic E-state index is -0.824. The minimum Gasteiger partial charge on any atom is -0.387 e. The van der Waals surface area contributed by atoms with Crippen LogP contribution in [0, 0.1) is 25.5 Å². The molecule has 2 aliphatic heterocycles. The van der Waals surface area contributed by atoms with E-state index in [1.54, 1.807) is 11.0 Å². The maximum absolute atomic E-state index is 14.1. The number of nitrogens with zero attached hydrogens (tertiary/aromatic N) is 3. The maximum Gasteiger partial charge on any atom is 0.294 e. The van der Waals surface area contributed by atoms with Crippen LogP contribution >= 0.6 is 11.3 Å². The number of likely N-dealkylation sites (tertiary alicyclic amines) is 1. The van der Waals surface area contributed by atoms with Gasteiger partial charge in [0.1, 0.15) is 17.3 Å². The molecule has 0 saturated carbocycles. The molecule has 186 valence electrons. The number of halogens is 2. The van der Waals surface area contributed by atoms with Crippen molar-refractivity contribution in [3.63, 3.8) is 0 Å². The topological polar surface area (TPSA) is 71.9 Å². The molecule has 3 heterocycles. The Balaban J connectivity index is 1.20. The van der Waals surface area contributed by atoms with Crippen molar-refractivity contribution >= 4 is 28.7 Å². The van der Waals surface area contributed by atoms with Crippen LogP contribution in [0.3, 0.4) is 0 Å². The quantitative estimate of drug-likeness (QED) is 0.337. The van der Waals surface area contributed by atoms with Crippen LogP contribution in [0.1, 0.15) is 69.0 Å². The molecular weight excluding hydrogens is 484 g/mol. The summed E-state index contributed by atoms with van der Waals surface area (Å²) in [5, 5.41) is 6.83. The Morgan fingerprint density at radius 1 is 1.08 bits per heavy atom. The summed E-state index contributed by atoms with van der Waals surface area (Å²) in [6.07, 6.45) is 0.805. The van der Waals surface area contributed by atoms with Crippen LogP contribution < -0.4 is 0 Å². The van der Waals surface area contributed by atoms with Crippen molar-refractivity contribution in [3.05, 3.63) is 86.4 Å². The van der Waals surface area contributed by atoms with Gasteiger partial charge >= 0.3 is 0 Å². The van der Waals surface area contributed by atoms with E-state index in [-0.39, 0.29) is 17.9 Å². The highest BCUT2D eigenvalue weighted by molar-refractivity contribution is 7.10. The third-order valence-corrected chi connectivity index (χ3v) is 7.78. The number of thiazole rings is 1. The van der Waals surface area contributed by atoms with Crippen molar-refractivity contribution in [2.45, 2.75) is 45.1 Å². The molecule has 2 aliphatic rings. The number of aryl methyl sites for hydroxylation is 2. The van der Waals surface area contributed by atoms with Gasteiger partial charge in [-0.2, -0.15) is 0 Å². The van der Waals surface area contributed by atoms with Gasteiger partial charge in [-0.15, -0.1) is 11.3 Å². The van der Waals surface area contributed by atoms with Crippen LogP contribution in [0.15, 0.2) is 46.9 Å². The van der Waals surface area contributed by atoms with Crippen LogP contribution in [0.2, 0.25) is 0 Å². The molecule has 0 aliphatic carbocycles. The Bertz CT molecular complexity index is 1340. The molecule has 5 rings (SSSR count). The first kappa shape index (κ1) is 24.2. The first-order valence-corrected chi connectivity index (χ1v) is 12.7. The molecule has 1 aromatic heterocycles. The molecule has 1 amide bonds. The second-order valence-electron chi connectivity index (χ2n) is 9.26. The number of Topliss-reactive ketones (excluding diaryl/α,β-unsaturated/α-hetero) is 1. The molecule has 1 atom stereocenters. The lowest BCUT2D eigenvalue weighted by molar-refractivity contribution is -0.127. The molecule has 0 radical (unpaired) electrons. The predicted octanol–water partition coefficient (Wildman–Crippen LogP) is 5.49. The number of hydrogen-bond donors (Lipinski definition) is 0. The van der Waals surface area contributed by atoms with Crippen LogP contribution in [0.25, 0.3) is 0 Å². The summed E-state index contributed by atoms with van der Waals surface area (Å²) in [5.41, 5.74) is 3.26. The van der Waals surface area contributed by atoms with E-state index in [1.165, 1.54) is 29.5 Å². The van der Waals surface area contributed by atoms with Crippen molar-refractivity contribution in [1.29, 1.82) is 0 Å². The molecule has 36 heavy (non-hydrogen) atoms. The summed E-state index contributed by atoms with van der Waals surface area (Å²) in [6.45, 7) is 4.69. The monoisotopic (exact) mass is 509 g/mol. The maximum atomic E-state index is 14.1. The molecule has 6 nitrogen and oxygen atoms in total. The second-order valence-corrected chi connectivity index (χ2v) is 10.1. The van der Waals surface area contributed by atoms with Crippen molar-refractivity contribution in [1.82, 2.24) is 9.88 Å². The first-order chi connectivity index (χ1) is 17.3. The number of piperidine rings is 1. The fraction of sp³-hybridized carbons (Fsp3) is 0.333. The molecule has 0 bridgehead atoms. The van der Waals surface area contributed by atoms with Gasteiger partial charge in [-0.05, 0) is 50.5 Å². The van der Waals surface area contributed by atoms with Crippen LogP contribution in [0.4, 0.5) is 8.78 Å². The lowest BCUT2D eigenvalue weighted by Gasteiger charge is -2.30. The van der Waals surface area contributed by atoms with Crippen molar-refractivity contribution in [2.75, 3.05) is 13.1 Å². The lowest BCUT2D eigenvalue weighted by Crippen LogP contribution is -2.41. The van der Waals surface area contributed by atoms with E-state index in [0.29, 0.717) is 42.9 Å². The van der Waals surface area contributed by atoms with Gasteiger partial charge in [0, 0.05) is 36.4 Å². The molecule has 1 fully saturated rings. The number of amides is 1. The van der Waals surface area contributed by atoms with Crippen LogP contribution in [-0.4, -0.2) is 40.4 Å². The summed E-state index contributed by atoms with van der Waals surface area (Å²) >= 11 is 1.50. The van der Waals surface area contributed by atoms with Crippen molar-refractivity contribution in [2.24, 2.45) is 5.16 Å². The Kier molecular flexibility index (Phi) is 6.66. The van der Waals surface area contributed by atoms with E-state index < -0.39 is 29.4 Å². The number of hydrogen-bond acceptors (Lipinski definition) is 6.